The van der Waals surface area contributed by atoms with Crippen LogP contribution >= 0.6 is 0 Å². The predicted molar refractivity (Wildman–Crippen MR) is 27.9 cm³/mol. The maximum absolute atomic E-state index is 9.69. The summed E-state index contributed by atoms with van der Waals surface area (Å²) in [5, 5.41) is 0. The van der Waals surface area contributed by atoms with Crippen LogP contribution in [-0.4, -0.2) is 13.4 Å². The van der Waals surface area contributed by atoms with E-state index in [0.29, 0.717) is 12.0 Å². The van der Waals surface area contributed by atoms with E-state index < -0.39 is 0 Å². The van der Waals surface area contributed by atoms with Gasteiger partial charge in [0, 0.05) is 0 Å². The monoisotopic (exact) mass is 116 g/mol. The highest BCUT2D eigenvalue weighted by Crippen LogP contribution is 1.95. The molecule has 0 N–H and O–H groups in total. The third-order valence-electron chi connectivity index (χ3n) is 0.512. The highest BCUT2D eigenvalue weighted by atomic mass is 17.2. The largest absolute Gasteiger partial charge is 0.343 e. The SMILES string of the molecule is C=C(CC=O)OOC. The average Bonchev–Trinajstić information content (AvgIpc) is 1.68. The number of aldehydes is 1. The summed E-state index contributed by atoms with van der Waals surface area (Å²) in [4.78, 5) is 18.2. The molecule has 8 heavy (non-hydrogen) atoms. The molecule has 0 radical (unpaired) electrons. The number of carbonyl (C=O) groups is 1. The molecule has 0 aromatic heterocycles. The van der Waals surface area contributed by atoms with Gasteiger partial charge in [-0.15, -0.1) is 0 Å². The van der Waals surface area contributed by atoms with E-state index in [-0.39, 0.29) is 6.42 Å². The van der Waals surface area contributed by atoms with Crippen LogP contribution < -0.4 is 0 Å². The summed E-state index contributed by atoms with van der Waals surface area (Å²) in [7, 11) is 1.36. The van der Waals surface area contributed by atoms with Crippen LogP contribution in [0.5, 0.6) is 0 Å². The number of carbonyl (C=O) groups excluding carboxylic acids is 1. The quantitative estimate of drug-likeness (QED) is 0.234. The van der Waals surface area contributed by atoms with E-state index in [4.69, 9.17) is 0 Å². The van der Waals surface area contributed by atoms with Crippen molar-refractivity contribution in [2.75, 3.05) is 7.11 Å². The normalized spacial score (nSPS) is 8.12. The minimum atomic E-state index is 0.188. The summed E-state index contributed by atoms with van der Waals surface area (Å²) in [5.41, 5.74) is 0. The lowest BCUT2D eigenvalue weighted by atomic mass is 10.4. The lowest BCUT2D eigenvalue weighted by Gasteiger charge is -1.97. The van der Waals surface area contributed by atoms with Gasteiger partial charge in [0.2, 0.25) is 0 Å². The summed E-state index contributed by atoms with van der Waals surface area (Å²) >= 11 is 0. The zero-order valence-corrected chi connectivity index (χ0v) is 4.72. The van der Waals surface area contributed by atoms with Crippen molar-refractivity contribution >= 4 is 6.29 Å². The molecule has 0 bridgehead atoms. The Labute approximate surface area is 47.8 Å². The van der Waals surface area contributed by atoms with E-state index in [2.05, 4.69) is 16.4 Å². The lowest BCUT2D eigenvalue weighted by Crippen LogP contribution is -1.88. The second-order valence-electron chi connectivity index (χ2n) is 1.16. The fraction of sp³-hybridized carbons (Fsp3) is 0.400. The second kappa shape index (κ2) is 4.33. The van der Waals surface area contributed by atoms with Crippen LogP contribution in [0.15, 0.2) is 12.3 Å². The van der Waals surface area contributed by atoms with Crippen molar-refractivity contribution in [3.05, 3.63) is 12.3 Å². The highest BCUT2D eigenvalue weighted by Gasteiger charge is 1.89. The number of allylic oxidation sites excluding steroid dienone is 1. The zero-order valence-electron chi connectivity index (χ0n) is 4.72. The van der Waals surface area contributed by atoms with Crippen LogP contribution in [0.2, 0.25) is 0 Å². The first-order chi connectivity index (χ1) is 3.81. The van der Waals surface area contributed by atoms with E-state index in [1.54, 1.807) is 0 Å². The second-order valence-corrected chi connectivity index (χ2v) is 1.16. The molecule has 0 saturated heterocycles. The van der Waals surface area contributed by atoms with Gasteiger partial charge in [-0.05, 0) is 0 Å². The Kier molecular flexibility index (Phi) is 3.88. The Morgan fingerprint density at radius 2 is 2.50 bits per heavy atom. The molecule has 0 aliphatic heterocycles. The van der Waals surface area contributed by atoms with Crippen LogP contribution in [0.1, 0.15) is 6.42 Å². The Hall–Kier alpha value is -0.830. The molecular formula is C5H8O3. The third kappa shape index (κ3) is 3.36. The predicted octanol–water partition coefficient (Wildman–Crippen LogP) is 0.667. The van der Waals surface area contributed by atoms with Gasteiger partial charge in [-0.1, -0.05) is 6.58 Å². The van der Waals surface area contributed by atoms with E-state index in [9.17, 15) is 4.79 Å². The van der Waals surface area contributed by atoms with Crippen molar-refractivity contribution in [1.82, 2.24) is 0 Å². The lowest BCUT2D eigenvalue weighted by molar-refractivity contribution is -0.238. The van der Waals surface area contributed by atoms with Gasteiger partial charge in [0.25, 0.3) is 0 Å². The first-order valence-electron chi connectivity index (χ1n) is 2.13. The Balaban J connectivity index is 3.18. The molecule has 0 aromatic rings. The van der Waals surface area contributed by atoms with E-state index in [1.807, 2.05) is 0 Å². The molecule has 0 fully saturated rings. The first kappa shape index (κ1) is 7.17. The van der Waals surface area contributed by atoms with Crippen LogP contribution in [0.25, 0.3) is 0 Å². The highest BCUT2D eigenvalue weighted by molar-refractivity contribution is 5.52. The molecule has 0 aliphatic carbocycles. The van der Waals surface area contributed by atoms with Gasteiger partial charge < -0.3 is 9.68 Å². The Bertz CT molecular complexity index is 87.7. The standard InChI is InChI=1S/C5H8O3/c1-5(3-4-6)8-7-2/h4H,1,3H2,2H3. The summed E-state index contributed by atoms with van der Waals surface area (Å²) < 4.78 is 0. The minimum absolute atomic E-state index is 0.188. The molecule has 0 atom stereocenters. The molecule has 46 valence electrons. The molecule has 0 amide bonds. The fourth-order valence-electron chi connectivity index (χ4n) is 0.245. The van der Waals surface area contributed by atoms with Crippen LogP contribution in [0.3, 0.4) is 0 Å². The van der Waals surface area contributed by atoms with Gasteiger partial charge >= 0.3 is 0 Å². The topological polar surface area (TPSA) is 35.5 Å². The van der Waals surface area contributed by atoms with Crippen molar-refractivity contribution < 1.29 is 14.6 Å². The molecule has 0 spiro atoms. The fourth-order valence-corrected chi connectivity index (χ4v) is 0.245. The first-order valence-corrected chi connectivity index (χ1v) is 2.13. The van der Waals surface area contributed by atoms with E-state index >= 15 is 0 Å². The molecule has 0 rings (SSSR count). The number of rotatable bonds is 4. The number of hydrogen-bond acceptors (Lipinski definition) is 3. The molecule has 0 heterocycles. The van der Waals surface area contributed by atoms with Gasteiger partial charge in [-0.3, -0.25) is 0 Å². The van der Waals surface area contributed by atoms with Crippen molar-refractivity contribution in [1.29, 1.82) is 0 Å². The third-order valence-corrected chi connectivity index (χ3v) is 0.512. The summed E-state index contributed by atoms with van der Waals surface area (Å²) in [5.74, 6) is 0.322. The Morgan fingerprint density at radius 1 is 1.88 bits per heavy atom. The van der Waals surface area contributed by atoms with Crippen molar-refractivity contribution in [3.63, 3.8) is 0 Å². The molecule has 3 nitrogen and oxygen atoms in total. The van der Waals surface area contributed by atoms with E-state index in [0.717, 1.165) is 0 Å². The molecule has 0 saturated carbocycles. The molecule has 3 heteroatoms. The maximum atomic E-state index is 9.69. The molecular weight excluding hydrogens is 108 g/mol. The van der Waals surface area contributed by atoms with Gasteiger partial charge in [-0.25, -0.2) is 0 Å². The van der Waals surface area contributed by atoms with Crippen LogP contribution in [0, 0.1) is 0 Å². The van der Waals surface area contributed by atoms with Gasteiger partial charge in [-0.2, -0.15) is 4.89 Å². The van der Waals surface area contributed by atoms with Crippen LogP contribution in [0.4, 0.5) is 0 Å². The molecule has 0 aliphatic rings. The van der Waals surface area contributed by atoms with Gasteiger partial charge in [0.1, 0.15) is 12.0 Å². The molecule has 0 unspecified atom stereocenters. The number of hydrogen-bond donors (Lipinski definition) is 0. The van der Waals surface area contributed by atoms with Gasteiger partial charge in [0.05, 0.1) is 13.5 Å². The average molecular weight is 116 g/mol. The summed E-state index contributed by atoms with van der Waals surface area (Å²) in [6.45, 7) is 3.36. The Morgan fingerprint density at radius 3 is 2.88 bits per heavy atom. The van der Waals surface area contributed by atoms with Crippen molar-refractivity contribution in [2.45, 2.75) is 6.42 Å². The van der Waals surface area contributed by atoms with Crippen LogP contribution in [-0.2, 0) is 14.6 Å². The zero-order chi connectivity index (χ0) is 6.41. The van der Waals surface area contributed by atoms with Crippen molar-refractivity contribution in [2.24, 2.45) is 0 Å². The smallest absolute Gasteiger partial charge is 0.142 e. The summed E-state index contributed by atoms with van der Waals surface area (Å²) in [6, 6.07) is 0. The maximum Gasteiger partial charge on any atom is 0.142 e. The minimum Gasteiger partial charge on any atom is -0.343 e. The molecule has 0 aromatic carbocycles. The van der Waals surface area contributed by atoms with E-state index in [1.165, 1.54) is 7.11 Å². The van der Waals surface area contributed by atoms with Crippen molar-refractivity contribution in [3.8, 4) is 0 Å². The van der Waals surface area contributed by atoms with Gasteiger partial charge in [0.15, 0.2) is 0 Å². The summed E-state index contributed by atoms with van der Waals surface area (Å²) in [6.07, 6.45) is 0.884.